The third-order valence-corrected chi connectivity index (χ3v) is 6.04. The minimum Gasteiger partial charge on any atom is -0.550 e. The zero-order valence-electron chi connectivity index (χ0n) is 21.3. The number of aliphatic carboxylic acids is 2. The maximum Gasteiger partial charge on any atom is 1.00 e. The Kier molecular flexibility index (Phi) is 13.0. The Labute approximate surface area is 257 Å². The summed E-state index contributed by atoms with van der Waals surface area (Å²) >= 11 is 0. The second-order valence-electron chi connectivity index (χ2n) is 8.36. The van der Waals surface area contributed by atoms with E-state index < -0.39 is 48.6 Å². The van der Waals surface area contributed by atoms with Crippen LogP contribution in [0.2, 0.25) is 0 Å². The Balaban J connectivity index is 0.00000342. The molecule has 0 spiro atoms. The van der Waals surface area contributed by atoms with Crippen LogP contribution >= 0.6 is 0 Å². The van der Waals surface area contributed by atoms with Crippen molar-refractivity contribution >= 4 is 17.9 Å². The van der Waals surface area contributed by atoms with Crippen molar-refractivity contribution < 1.29 is 118 Å². The number of cyclic esters (lactones) is 1. The summed E-state index contributed by atoms with van der Waals surface area (Å²) < 4.78 is 21.6. The van der Waals surface area contributed by atoms with Gasteiger partial charge in [0.2, 0.25) is 6.29 Å². The summed E-state index contributed by atoms with van der Waals surface area (Å²) in [5.74, 6) is -3.58. The molecule has 1 aromatic carbocycles. The predicted molar refractivity (Wildman–Crippen MR) is 111 cm³/mol. The fraction of sp³-hybridized carbons (Fsp3) is 0.522. The SMILES string of the molecule is COc1c(C)c2c(c(O[C@@H]3O[C@H](C(=O)[O-])[C@@H](O)[C@H](O)[C@H]3O)c1C/C=C(\C)CCC(=O)[O-])C(=O)OC2.[Na+].[Na+]. The number of esters is 1. The minimum atomic E-state index is -2.01. The van der Waals surface area contributed by atoms with Crippen molar-refractivity contribution in [3.63, 3.8) is 0 Å². The summed E-state index contributed by atoms with van der Waals surface area (Å²) in [6.07, 6.45) is -7.80. The standard InChI is InChI=1S/C23H28O12.2Na/c1-9(5-7-13(24)25)4-6-11-18(32-3)10(2)12-8-33-22(31)14(12)19(11)34-23-17(28)15(26)16(27)20(35-23)21(29)30;;/h4,15-17,20,23,26-28H,5-8H2,1-3H3,(H,24,25)(H,29,30);;/q;2*+1/p-2/b9-4+;;/t15-,16-,17+,20-,23+;;/m0../s1. The van der Waals surface area contributed by atoms with Crippen molar-refractivity contribution in [1.29, 1.82) is 0 Å². The van der Waals surface area contributed by atoms with Crippen LogP contribution in [0.1, 0.15) is 46.8 Å². The molecule has 0 bridgehead atoms. The smallest absolute Gasteiger partial charge is 0.550 e. The van der Waals surface area contributed by atoms with Crippen LogP contribution in [-0.4, -0.2) is 71.0 Å². The summed E-state index contributed by atoms with van der Waals surface area (Å²) in [6.45, 7) is 3.34. The van der Waals surface area contributed by atoms with Crippen molar-refractivity contribution in [2.45, 2.75) is 70.4 Å². The van der Waals surface area contributed by atoms with Gasteiger partial charge in [0.25, 0.3) is 0 Å². The zero-order chi connectivity index (χ0) is 26.0. The van der Waals surface area contributed by atoms with Gasteiger partial charge in [0, 0.05) is 17.1 Å². The fourth-order valence-electron chi connectivity index (χ4n) is 4.07. The average Bonchev–Trinajstić information content (AvgIpc) is 3.19. The van der Waals surface area contributed by atoms with E-state index in [9.17, 15) is 39.9 Å². The number of hydrogen-bond acceptors (Lipinski definition) is 12. The third-order valence-electron chi connectivity index (χ3n) is 6.04. The maximum absolute atomic E-state index is 12.6. The van der Waals surface area contributed by atoms with Gasteiger partial charge in [0.1, 0.15) is 48.1 Å². The van der Waals surface area contributed by atoms with E-state index in [2.05, 4.69) is 0 Å². The molecule has 0 radical (unpaired) electrons. The Morgan fingerprint density at radius 3 is 2.30 bits per heavy atom. The van der Waals surface area contributed by atoms with E-state index in [0.29, 0.717) is 28.0 Å². The molecule has 0 unspecified atom stereocenters. The Bertz CT molecular complexity index is 1060. The largest absolute Gasteiger partial charge is 1.00 e. The molecular weight excluding hydrogens is 514 g/mol. The number of hydrogen-bond donors (Lipinski definition) is 3. The molecule has 0 aliphatic carbocycles. The number of aliphatic hydroxyl groups excluding tert-OH is 3. The van der Waals surface area contributed by atoms with Gasteiger partial charge in [-0.05, 0) is 38.7 Å². The molecule has 0 saturated carbocycles. The van der Waals surface area contributed by atoms with Crippen molar-refractivity contribution in [3.8, 4) is 11.5 Å². The number of carboxylic acid groups (broad SMARTS) is 2. The van der Waals surface area contributed by atoms with Gasteiger partial charge in [-0.1, -0.05) is 11.6 Å². The summed E-state index contributed by atoms with van der Waals surface area (Å²) in [6, 6.07) is 0. The van der Waals surface area contributed by atoms with Crippen LogP contribution in [0, 0.1) is 6.92 Å². The monoisotopic (exact) mass is 540 g/mol. The van der Waals surface area contributed by atoms with E-state index in [1.165, 1.54) is 7.11 Å². The third kappa shape index (κ3) is 7.27. The number of aliphatic hydroxyl groups is 3. The second-order valence-corrected chi connectivity index (χ2v) is 8.36. The second kappa shape index (κ2) is 14.3. The molecule has 12 nitrogen and oxygen atoms in total. The molecule has 2 aliphatic rings. The predicted octanol–water partition coefficient (Wildman–Crippen LogP) is -8.36. The van der Waals surface area contributed by atoms with Gasteiger partial charge in [-0.3, -0.25) is 0 Å². The first-order valence-electron chi connectivity index (χ1n) is 10.8. The molecule has 14 heteroatoms. The summed E-state index contributed by atoms with van der Waals surface area (Å²) in [4.78, 5) is 34.7. The number of benzene rings is 1. The van der Waals surface area contributed by atoms with Gasteiger partial charge in [-0.15, -0.1) is 0 Å². The van der Waals surface area contributed by atoms with E-state index >= 15 is 0 Å². The fourth-order valence-corrected chi connectivity index (χ4v) is 4.07. The van der Waals surface area contributed by atoms with Crippen LogP contribution in [0.3, 0.4) is 0 Å². The Hall–Kier alpha value is -1.19. The molecule has 192 valence electrons. The van der Waals surface area contributed by atoms with Gasteiger partial charge < -0.3 is 54.1 Å². The van der Waals surface area contributed by atoms with Gasteiger partial charge >= 0.3 is 65.1 Å². The van der Waals surface area contributed by atoms with Gasteiger partial charge in [0.05, 0.1) is 13.1 Å². The van der Waals surface area contributed by atoms with Gasteiger partial charge in [-0.2, -0.15) is 0 Å². The molecule has 0 amide bonds. The molecule has 2 aliphatic heterocycles. The molecule has 1 fully saturated rings. The molecule has 2 heterocycles. The number of carbonyl (C=O) groups is 3. The molecule has 37 heavy (non-hydrogen) atoms. The number of fused-ring (bicyclic) bond motifs is 1. The quantitative estimate of drug-likeness (QED) is 0.152. The van der Waals surface area contributed by atoms with E-state index in [4.69, 9.17) is 18.9 Å². The normalized spacial score (nSPS) is 24.8. The molecule has 3 rings (SSSR count). The van der Waals surface area contributed by atoms with Crippen LogP contribution in [0.4, 0.5) is 0 Å². The van der Waals surface area contributed by atoms with E-state index in [-0.39, 0.29) is 96.3 Å². The zero-order valence-corrected chi connectivity index (χ0v) is 25.3. The van der Waals surface area contributed by atoms with Crippen LogP contribution in [0.25, 0.3) is 0 Å². The molecule has 0 aromatic heterocycles. The van der Waals surface area contributed by atoms with Crippen molar-refractivity contribution in [2.24, 2.45) is 0 Å². The first-order chi connectivity index (χ1) is 16.5. The van der Waals surface area contributed by atoms with Gasteiger partial charge in [0.15, 0.2) is 0 Å². The topological polar surface area (TPSA) is 195 Å². The Morgan fingerprint density at radius 1 is 1.08 bits per heavy atom. The van der Waals surface area contributed by atoms with Crippen molar-refractivity contribution in [1.82, 2.24) is 0 Å². The average molecular weight is 540 g/mol. The van der Waals surface area contributed by atoms with Crippen LogP contribution in [-0.2, 0) is 32.1 Å². The molecule has 1 aromatic rings. The van der Waals surface area contributed by atoms with Crippen molar-refractivity contribution in [2.75, 3.05) is 7.11 Å². The van der Waals surface area contributed by atoms with E-state index in [1.54, 1.807) is 19.9 Å². The minimum absolute atomic E-state index is 0. The van der Waals surface area contributed by atoms with Crippen LogP contribution in [0.15, 0.2) is 11.6 Å². The Morgan fingerprint density at radius 2 is 1.73 bits per heavy atom. The number of carbonyl (C=O) groups excluding carboxylic acids is 3. The number of rotatable bonds is 9. The number of allylic oxidation sites excluding steroid dienone is 2. The van der Waals surface area contributed by atoms with E-state index in [0.717, 1.165) is 0 Å². The van der Waals surface area contributed by atoms with Gasteiger partial charge in [-0.25, -0.2) is 4.79 Å². The maximum atomic E-state index is 12.6. The van der Waals surface area contributed by atoms with Crippen LogP contribution in [0.5, 0.6) is 11.5 Å². The summed E-state index contributed by atoms with van der Waals surface area (Å²) in [7, 11) is 1.39. The molecule has 1 saturated heterocycles. The number of ether oxygens (including phenoxy) is 4. The first kappa shape index (κ1) is 33.8. The van der Waals surface area contributed by atoms with E-state index in [1.807, 2.05) is 0 Å². The van der Waals surface area contributed by atoms with Crippen molar-refractivity contribution in [3.05, 3.63) is 33.9 Å². The van der Waals surface area contributed by atoms with Crippen LogP contribution < -0.4 is 78.8 Å². The molecule has 5 atom stereocenters. The first-order valence-corrected chi connectivity index (χ1v) is 10.8. The summed E-state index contributed by atoms with van der Waals surface area (Å²) in [5, 5.41) is 52.6. The number of methoxy groups -OCH3 is 1. The molecule has 3 N–H and O–H groups in total. The molecular formula is C23H26Na2O12. The summed E-state index contributed by atoms with van der Waals surface area (Å²) in [5.41, 5.74) is 2.07. The number of carboxylic acids is 2.